The number of nitrogens with zero attached hydrogens (tertiary/aromatic N) is 3. The molecule has 4 nitrogen and oxygen atoms in total. The van der Waals surface area contributed by atoms with Crippen LogP contribution < -0.4 is 0 Å². The maximum Gasteiger partial charge on any atom is 0.164 e. The Morgan fingerprint density at radius 2 is 0.816 bits per heavy atom. The van der Waals surface area contributed by atoms with Crippen LogP contribution in [-0.2, 0) is 0 Å². The molecule has 0 amide bonds. The van der Waals surface area contributed by atoms with E-state index in [1.165, 1.54) is 22.3 Å². The highest BCUT2D eigenvalue weighted by atomic mass is 16.3. The van der Waals surface area contributed by atoms with Crippen molar-refractivity contribution in [3.63, 3.8) is 0 Å². The quantitative estimate of drug-likeness (QED) is 0.184. The predicted octanol–water partition coefficient (Wildman–Crippen LogP) is 11.8. The van der Waals surface area contributed by atoms with E-state index in [-0.39, 0.29) is 0 Å². The summed E-state index contributed by atoms with van der Waals surface area (Å²) in [7, 11) is 0. The Balaban J connectivity index is 1.15. The molecule has 49 heavy (non-hydrogen) atoms. The SMILES string of the molecule is c1ccc(-c2nc(-c3ccc(-c4ccc(-c5ccccc5)c(-c5ccccc5)c4)cc3)nc(-c3cccc4oc5ccccc5c34)n2)cc1. The van der Waals surface area contributed by atoms with Gasteiger partial charge in [-0.25, -0.2) is 15.0 Å². The van der Waals surface area contributed by atoms with Gasteiger partial charge in [-0.2, -0.15) is 0 Å². The highest BCUT2D eigenvalue weighted by Crippen LogP contribution is 2.38. The first-order chi connectivity index (χ1) is 24.3. The van der Waals surface area contributed by atoms with Crippen LogP contribution in [0.15, 0.2) is 180 Å². The van der Waals surface area contributed by atoms with Crippen LogP contribution in [0.3, 0.4) is 0 Å². The highest BCUT2D eigenvalue weighted by molar-refractivity contribution is 6.11. The average molecular weight is 628 g/mol. The van der Waals surface area contributed by atoms with Crippen LogP contribution in [0.2, 0.25) is 0 Å². The van der Waals surface area contributed by atoms with Crippen LogP contribution in [0.4, 0.5) is 0 Å². The Kier molecular flexibility index (Phi) is 7.10. The zero-order valence-corrected chi connectivity index (χ0v) is 26.5. The monoisotopic (exact) mass is 627 g/mol. The van der Waals surface area contributed by atoms with E-state index in [4.69, 9.17) is 19.4 Å². The Labute approximate surface area is 284 Å². The van der Waals surface area contributed by atoms with E-state index in [2.05, 4.69) is 115 Å². The van der Waals surface area contributed by atoms with Gasteiger partial charge in [0.1, 0.15) is 11.2 Å². The molecule has 0 saturated heterocycles. The molecule has 0 spiro atoms. The zero-order chi connectivity index (χ0) is 32.6. The van der Waals surface area contributed by atoms with Gasteiger partial charge in [0.25, 0.3) is 0 Å². The molecule has 0 atom stereocenters. The Bertz CT molecular complexity index is 2580. The topological polar surface area (TPSA) is 51.8 Å². The maximum atomic E-state index is 6.20. The van der Waals surface area contributed by atoms with E-state index in [1.54, 1.807) is 0 Å². The summed E-state index contributed by atoms with van der Waals surface area (Å²) in [5, 5.41) is 2.03. The maximum absolute atomic E-state index is 6.20. The molecule has 230 valence electrons. The molecule has 0 bridgehead atoms. The summed E-state index contributed by atoms with van der Waals surface area (Å²) in [6.45, 7) is 0. The van der Waals surface area contributed by atoms with Crippen molar-refractivity contribution in [1.29, 1.82) is 0 Å². The third-order valence-corrected chi connectivity index (χ3v) is 8.98. The van der Waals surface area contributed by atoms with Gasteiger partial charge in [0.15, 0.2) is 17.5 Å². The van der Waals surface area contributed by atoms with Crippen molar-refractivity contribution in [1.82, 2.24) is 15.0 Å². The fraction of sp³-hybridized carbons (Fsp3) is 0. The van der Waals surface area contributed by atoms with Crippen LogP contribution >= 0.6 is 0 Å². The van der Waals surface area contributed by atoms with Crippen LogP contribution in [0, 0.1) is 0 Å². The third-order valence-electron chi connectivity index (χ3n) is 8.98. The number of fused-ring (bicyclic) bond motifs is 3. The molecule has 9 aromatic rings. The molecular formula is C45H29N3O. The van der Waals surface area contributed by atoms with Gasteiger partial charge in [-0.05, 0) is 51.6 Å². The minimum Gasteiger partial charge on any atom is -0.456 e. The minimum atomic E-state index is 0.606. The predicted molar refractivity (Wildman–Crippen MR) is 200 cm³/mol. The van der Waals surface area contributed by atoms with E-state index in [0.717, 1.165) is 49.8 Å². The molecule has 0 aliphatic rings. The van der Waals surface area contributed by atoms with Crippen molar-refractivity contribution in [3.05, 3.63) is 176 Å². The molecule has 0 N–H and O–H groups in total. The van der Waals surface area contributed by atoms with Gasteiger partial charge in [0.2, 0.25) is 0 Å². The van der Waals surface area contributed by atoms with Gasteiger partial charge < -0.3 is 4.42 Å². The molecule has 0 radical (unpaired) electrons. The second kappa shape index (κ2) is 12.2. The summed E-state index contributed by atoms with van der Waals surface area (Å²) in [4.78, 5) is 15.1. The fourth-order valence-electron chi connectivity index (χ4n) is 6.56. The lowest BCUT2D eigenvalue weighted by atomic mass is 9.91. The average Bonchev–Trinajstić information content (AvgIpc) is 3.58. The van der Waals surface area contributed by atoms with Crippen molar-refractivity contribution >= 4 is 21.9 Å². The van der Waals surface area contributed by atoms with Crippen molar-refractivity contribution < 1.29 is 4.42 Å². The van der Waals surface area contributed by atoms with E-state index < -0.39 is 0 Å². The van der Waals surface area contributed by atoms with E-state index in [0.29, 0.717) is 17.5 Å². The van der Waals surface area contributed by atoms with Gasteiger partial charge in [-0.3, -0.25) is 0 Å². The number of hydrogen-bond acceptors (Lipinski definition) is 4. The highest BCUT2D eigenvalue weighted by Gasteiger charge is 2.18. The molecule has 0 aliphatic carbocycles. The zero-order valence-electron chi connectivity index (χ0n) is 26.5. The lowest BCUT2D eigenvalue weighted by Gasteiger charge is -2.14. The second-order valence-corrected chi connectivity index (χ2v) is 12.0. The van der Waals surface area contributed by atoms with Crippen molar-refractivity contribution in [2.24, 2.45) is 0 Å². The van der Waals surface area contributed by atoms with Crippen LogP contribution in [0.5, 0.6) is 0 Å². The Hall–Kier alpha value is -6.65. The number of para-hydroxylation sites is 1. The van der Waals surface area contributed by atoms with E-state index in [1.807, 2.05) is 60.7 Å². The fourth-order valence-corrected chi connectivity index (χ4v) is 6.56. The molecule has 0 saturated carbocycles. The first-order valence-electron chi connectivity index (χ1n) is 16.4. The number of aromatic nitrogens is 3. The molecule has 9 rings (SSSR count). The number of hydrogen-bond donors (Lipinski definition) is 0. The van der Waals surface area contributed by atoms with Crippen LogP contribution in [0.25, 0.3) is 89.5 Å². The van der Waals surface area contributed by atoms with Gasteiger partial charge in [0, 0.05) is 27.5 Å². The third kappa shape index (κ3) is 5.35. The molecule has 4 heteroatoms. The Morgan fingerprint density at radius 3 is 1.51 bits per heavy atom. The molecule has 2 aromatic heterocycles. The molecule has 2 heterocycles. The van der Waals surface area contributed by atoms with Gasteiger partial charge in [-0.1, -0.05) is 158 Å². The summed E-state index contributed by atoms with van der Waals surface area (Å²) in [6.07, 6.45) is 0. The van der Waals surface area contributed by atoms with E-state index in [9.17, 15) is 0 Å². The molecule has 0 aliphatic heterocycles. The minimum absolute atomic E-state index is 0.606. The smallest absolute Gasteiger partial charge is 0.164 e. The summed E-state index contributed by atoms with van der Waals surface area (Å²) in [5.74, 6) is 1.84. The summed E-state index contributed by atoms with van der Waals surface area (Å²) >= 11 is 0. The molecule has 0 unspecified atom stereocenters. The molecule has 0 fully saturated rings. The van der Waals surface area contributed by atoms with Gasteiger partial charge >= 0.3 is 0 Å². The van der Waals surface area contributed by atoms with Gasteiger partial charge in [0.05, 0.1) is 0 Å². The van der Waals surface area contributed by atoms with Crippen LogP contribution in [0.1, 0.15) is 0 Å². The number of rotatable bonds is 6. The summed E-state index contributed by atoms with van der Waals surface area (Å²) in [6, 6.07) is 60.6. The number of benzene rings is 7. The normalized spacial score (nSPS) is 11.3. The first-order valence-corrected chi connectivity index (χ1v) is 16.4. The summed E-state index contributed by atoms with van der Waals surface area (Å²) in [5.41, 5.74) is 11.4. The largest absolute Gasteiger partial charge is 0.456 e. The second-order valence-electron chi connectivity index (χ2n) is 12.0. The van der Waals surface area contributed by atoms with Crippen molar-refractivity contribution in [3.8, 4) is 67.5 Å². The lowest BCUT2D eigenvalue weighted by Crippen LogP contribution is -2.00. The summed E-state index contributed by atoms with van der Waals surface area (Å²) < 4.78 is 6.20. The van der Waals surface area contributed by atoms with E-state index >= 15 is 0 Å². The standard InChI is InChI=1S/C45H29N3O/c1-4-13-31(14-5-1)36-28-27-35(29-39(36)32-15-6-2-7-16-32)30-23-25-34(26-24-30)44-46-43(33-17-8-3-9-18-33)47-45(48-44)38-20-12-22-41-42(38)37-19-10-11-21-40(37)49-41/h1-29H. The molecular weight excluding hydrogens is 599 g/mol. The van der Waals surface area contributed by atoms with Crippen molar-refractivity contribution in [2.45, 2.75) is 0 Å². The number of furan rings is 1. The van der Waals surface area contributed by atoms with Crippen molar-refractivity contribution in [2.75, 3.05) is 0 Å². The molecule has 7 aromatic carbocycles. The first kappa shape index (κ1) is 28.6. The Morgan fingerprint density at radius 1 is 0.306 bits per heavy atom. The lowest BCUT2D eigenvalue weighted by molar-refractivity contribution is 0.669. The van der Waals surface area contributed by atoms with Crippen LogP contribution in [-0.4, -0.2) is 15.0 Å². The van der Waals surface area contributed by atoms with Gasteiger partial charge in [-0.15, -0.1) is 0 Å².